The van der Waals surface area contributed by atoms with E-state index in [0.717, 1.165) is 5.56 Å². The summed E-state index contributed by atoms with van der Waals surface area (Å²) in [6, 6.07) is 17.7. The number of hydrogen-bond donors (Lipinski definition) is 0. The van der Waals surface area contributed by atoms with Gasteiger partial charge in [-0.15, -0.1) is 5.06 Å². The van der Waals surface area contributed by atoms with Crippen molar-refractivity contribution in [2.24, 2.45) is 0 Å². The number of carbonyl (C=O) groups is 2. The minimum atomic E-state index is -0.828. The minimum Gasteiger partial charge on any atom is -0.467 e. The van der Waals surface area contributed by atoms with Crippen LogP contribution in [0.1, 0.15) is 24.1 Å². The molecule has 0 saturated heterocycles. The first-order valence-electron chi connectivity index (χ1n) is 7.23. The number of nitrogens with zero attached hydrogens (tertiary/aromatic N) is 1. The van der Waals surface area contributed by atoms with Gasteiger partial charge in [0.25, 0.3) is 0 Å². The predicted octanol–water partition coefficient (Wildman–Crippen LogP) is 2.88. The molecular formula is C18H19NO4. The second-order valence-corrected chi connectivity index (χ2v) is 4.98. The zero-order chi connectivity index (χ0) is 16.7. The minimum absolute atomic E-state index is 0.273. The van der Waals surface area contributed by atoms with Crippen LogP contribution in [-0.2, 0) is 25.7 Å². The largest absolute Gasteiger partial charge is 0.467 e. The SMILES string of the molecule is COC(=O)[C@@H](c1ccccc1)N(Cc1ccccc1)OC(C)=O. The molecule has 0 aromatic heterocycles. The Labute approximate surface area is 135 Å². The van der Waals surface area contributed by atoms with Gasteiger partial charge < -0.3 is 9.57 Å². The molecule has 2 aromatic rings. The van der Waals surface area contributed by atoms with Gasteiger partial charge in [-0.1, -0.05) is 60.7 Å². The van der Waals surface area contributed by atoms with Crippen molar-refractivity contribution in [2.75, 3.05) is 7.11 Å². The van der Waals surface area contributed by atoms with E-state index in [0.29, 0.717) is 5.56 Å². The van der Waals surface area contributed by atoms with Crippen LogP contribution in [0.4, 0.5) is 0 Å². The highest BCUT2D eigenvalue weighted by Gasteiger charge is 2.31. The Kier molecular flexibility index (Phi) is 5.88. The molecule has 0 unspecified atom stereocenters. The molecule has 0 spiro atoms. The van der Waals surface area contributed by atoms with E-state index in [2.05, 4.69) is 0 Å². The highest BCUT2D eigenvalue weighted by atomic mass is 16.7. The van der Waals surface area contributed by atoms with Gasteiger partial charge in [0, 0.05) is 6.92 Å². The van der Waals surface area contributed by atoms with Gasteiger partial charge in [-0.2, -0.15) is 0 Å². The molecule has 0 saturated carbocycles. The van der Waals surface area contributed by atoms with Crippen LogP contribution in [0.25, 0.3) is 0 Å². The van der Waals surface area contributed by atoms with Gasteiger partial charge in [0.2, 0.25) is 0 Å². The van der Waals surface area contributed by atoms with Gasteiger partial charge in [0.05, 0.1) is 13.7 Å². The maximum absolute atomic E-state index is 12.3. The summed E-state index contributed by atoms with van der Waals surface area (Å²) >= 11 is 0. The number of benzene rings is 2. The molecule has 0 radical (unpaired) electrons. The zero-order valence-electron chi connectivity index (χ0n) is 13.1. The fourth-order valence-electron chi connectivity index (χ4n) is 2.27. The number of rotatable bonds is 6. The normalized spacial score (nSPS) is 11.8. The Hall–Kier alpha value is -2.66. The highest BCUT2D eigenvalue weighted by Crippen LogP contribution is 2.24. The fraction of sp³-hybridized carbons (Fsp3) is 0.222. The summed E-state index contributed by atoms with van der Waals surface area (Å²) in [7, 11) is 1.31. The molecule has 0 aliphatic carbocycles. The van der Waals surface area contributed by atoms with Crippen LogP contribution < -0.4 is 0 Å². The van der Waals surface area contributed by atoms with E-state index in [4.69, 9.17) is 9.57 Å². The second kappa shape index (κ2) is 8.10. The maximum Gasteiger partial charge on any atom is 0.331 e. The monoisotopic (exact) mass is 313 g/mol. The number of hydrogen-bond acceptors (Lipinski definition) is 5. The van der Waals surface area contributed by atoms with Crippen molar-refractivity contribution in [3.63, 3.8) is 0 Å². The molecule has 120 valence electrons. The number of carbonyl (C=O) groups excluding carboxylic acids is 2. The first-order valence-corrected chi connectivity index (χ1v) is 7.23. The van der Waals surface area contributed by atoms with Crippen LogP contribution >= 0.6 is 0 Å². The number of hydroxylamine groups is 2. The Morgan fingerprint density at radius 1 is 1.00 bits per heavy atom. The van der Waals surface area contributed by atoms with E-state index < -0.39 is 18.0 Å². The predicted molar refractivity (Wildman–Crippen MR) is 85.0 cm³/mol. The third kappa shape index (κ3) is 4.66. The van der Waals surface area contributed by atoms with E-state index in [-0.39, 0.29) is 6.54 Å². The molecule has 0 N–H and O–H groups in total. The van der Waals surface area contributed by atoms with E-state index in [1.807, 2.05) is 48.5 Å². The van der Waals surface area contributed by atoms with Crippen molar-refractivity contribution < 1.29 is 19.2 Å². The molecule has 2 aromatic carbocycles. The van der Waals surface area contributed by atoms with Crippen molar-refractivity contribution >= 4 is 11.9 Å². The topological polar surface area (TPSA) is 55.8 Å². The van der Waals surface area contributed by atoms with E-state index in [1.54, 1.807) is 12.1 Å². The molecule has 1 atom stereocenters. The summed E-state index contributed by atoms with van der Waals surface area (Å²) in [5.74, 6) is -0.987. The lowest BCUT2D eigenvalue weighted by atomic mass is 10.1. The van der Waals surface area contributed by atoms with E-state index in [9.17, 15) is 9.59 Å². The summed E-state index contributed by atoms with van der Waals surface area (Å²) in [6.07, 6.45) is 0. The summed E-state index contributed by atoms with van der Waals surface area (Å²) < 4.78 is 4.90. The Balaban J connectivity index is 2.35. The standard InChI is InChI=1S/C18H19NO4/c1-14(20)23-19(13-15-9-5-3-6-10-15)17(18(21)22-2)16-11-7-4-8-12-16/h3-12,17H,13H2,1-2H3/t17-/m1/s1. The van der Waals surface area contributed by atoms with Crippen LogP contribution in [0.15, 0.2) is 60.7 Å². The molecule has 0 aliphatic rings. The van der Waals surface area contributed by atoms with Gasteiger partial charge in [0.1, 0.15) is 0 Å². The Morgan fingerprint density at radius 3 is 2.09 bits per heavy atom. The quantitative estimate of drug-likeness (QED) is 0.606. The molecule has 0 amide bonds. The van der Waals surface area contributed by atoms with Crippen molar-refractivity contribution in [1.29, 1.82) is 0 Å². The van der Waals surface area contributed by atoms with Crippen molar-refractivity contribution in [3.8, 4) is 0 Å². The van der Waals surface area contributed by atoms with Crippen LogP contribution in [0.2, 0.25) is 0 Å². The number of methoxy groups -OCH3 is 1. The maximum atomic E-state index is 12.3. The van der Waals surface area contributed by atoms with Crippen LogP contribution in [0, 0.1) is 0 Å². The van der Waals surface area contributed by atoms with E-state index >= 15 is 0 Å². The lowest BCUT2D eigenvalue weighted by molar-refractivity contribution is -0.210. The zero-order valence-corrected chi connectivity index (χ0v) is 13.1. The molecule has 0 aliphatic heterocycles. The highest BCUT2D eigenvalue weighted by molar-refractivity contribution is 5.77. The molecule has 23 heavy (non-hydrogen) atoms. The van der Waals surface area contributed by atoms with E-state index in [1.165, 1.54) is 19.1 Å². The Bertz CT molecular complexity index is 643. The summed E-state index contributed by atoms with van der Waals surface area (Å²) in [5.41, 5.74) is 1.61. The summed E-state index contributed by atoms with van der Waals surface area (Å²) in [4.78, 5) is 29.0. The third-order valence-corrected chi connectivity index (χ3v) is 3.25. The van der Waals surface area contributed by atoms with Crippen LogP contribution in [0.3, 0.4) is 0 Å². The molecule has 0 heterocycles. The fourth-order valence-corrected chi connectivity index (χ4v) is 2.27. The first-order chi connectivity index (χ1) is 11.1. The summed E-state index contributed by atoms with van der Waals surface area (Å²) in [6.45, 7) is 1.58. The third-order valence-electron chi connectivity index (χ3n) is 3.25. The smallest absolute Gasteiger partial charge is 0.331 e. The van der Waals surface area contributed by atoms with Gasteiger partial charge in [-0.05, 0) is 11.1 Å². The molecular weight excluding hydrogens is 294 g/mol. The van der Waals surface area contributed by atoms with Gasteiger partial charge in [-0.3, -0.25) is 4.79 Å². The molecule has 5 nitrogen and oxygen atoms in total. The van der Waals surface area contributed by atoms with Crippen molar-refractivity contribution in [3.05, 3.63) is 71.8 Å². The van der Waals surface area contributed by atoms with Crippen LogP contribution in [-0.4, -0.2) is 24.1 Å². The van der Waals surface area contributed by atoms with Crippen molar-refractivity contribution in [1.82, 2.24) is 5.06 Å². The number of ether oxygens (including phenoxy) is 1. The molecule has 5 heteroatoms. The average Bonchev–Trinajstić information content (AvgIpc) is 2.56. The lowest BCUT2D eigenvalue weighted by Crippen LogP contribution is -2.36. The van der Waals surface area contributed by atoms with Crippen LogP contribution in [0.5, 0.6) is 0 Å². The first kappa shape index (κ1) is 16.7. The summed E-state index contributed by atoms with van der Waals surface area (Å²) in [5, 5.41) is 1.35. The van der Waals surface area contributed by atoms with Gasteiger partial charge in [-0.25, -0.2) is 4.79 Å². The molecule has 2 rings (SSSR count). The average molecular weight is 313 g/mol. The molecule has 0 bridgehead atoms. The lowest BCUT2D eigenvalue weighted by Gasteiger charge is -2.28. The molecule has 0 fully saturated rings. The van der Waals surface area contributed by atoms with Gasteiger partial charge in [0.15, 0.2) is 6.04 Å². The number of esters is 1. The Morgan fingerprint density at radius 2 is 1.57 bits per heavy atom. The second-order valence-electron chi connectivity index (χ2n) is 4.98. The van der Waals surface area contributed by atoms with Crippen molar-refractivity contribution in [2.45, 2.75) is 19.5 Å². The van der Waals surface area contributed by atoms with Gasteiger partial charge >= 0.3 is 11.9 Å².